The van der Waals surface area contributed by atoms with Crippen LogP contribution in [0.3, 0.4) is 0 Å². The predicted molar refractivity (Wildman–Crippen MR) is 61.4 cm³/mol. The predicted octanol–water partition coefficient (Wildman–Crippen LogP) is 2.23. The van der Waals surface area contributed by atoms with Gasteiger partial charge in [0.2, 0.25) is 0 Å². The molecule has 3 nitrogen and oxygen atoms in total. The van der Waals surface area contributed by atoms with Crippen molar-refractivity contribution in [2.45, 2.75) is 47.1 Å². The molecule has 0 saturated carbocycles. The fraction of sp³-hybridized carbons (Fsp3) is 0.833. The number of hydrogen-bond acceptors (Lipinski definition) is 3. The molecule has 0 unspecified atom stereocenters. The number of carbonyl (C=O) groups excluding carboxylic acids is 1. The van der Waals surface area contributed by atoms with Crippen molar-refractivity contribution in [3.8, 4) is 6.07 Å². The van der Waals surface area contributed by atoms with Crippen LogP contribution in [0.2, 0.25) is 0 Å². The van der Waals surface area contributed by atoms with Crippen molar-refractivity contribution >= 4 is 5.78 Å². The summed E-state index contributed by atoms with van der Waals surface area (Å²) in [7, 11) is 0. The molecule has 0 aliphatic rings. The highest BCUT2D eigenvalue weighted by Crippen LogP contribution is 2.16. The van der Waals surface area contributed by atoms with Crippen molar-refractivity contribution in [1.29, 1.82) is 5.26 Å². The number of rotatable bonds is 5. The van der Waals surface area contributed by atoms with E-state index in [9.17, 15) is 4.79 Å². The van der Waals surface area contributed by atoms with E-state index >= 15 is 0 Å². The summed E-state index contributed by atoms with van der Waals surface area (Å²) >= 11 is 0. The largest absolute Gasteiger partial charge is 0.298 e. The Morgan fingerprint density at radius 1 is 1.40 bits per heavy atom. The quantitative estimate of drug-likeness (QED) is 0.699. The number of nitriles is 1. The van der Waals surface area contributed by atoms with Gasteiger partial charge in [-0.1, -0.05) is 20.8 Å². The number of Topliss-reactive ketones (excluding diaryl/α,β-unsaturated/α-hetero) is 1. The third kappa shape index (κ3) is 5.54. The van der Waals surface area contributed by atoms with E-state index in [1.54, 1.807) is 0 Å². The lowest BCUT2D eigenvalue weighted by atomic mass is 9.90. The lowest BCUT2D eigenvalue weighted by Gasteiger charge is -2.28. The summed E-state index contributed by atoms with van der Waals surface area (Å²) in [6.07, 6.45) is 0.482. The van der Waals surface area contributed by atoms with Gasteiger partial charge in [-0.15, -0.1) is 0 Å². The Hall–Kier alpha value is -0.880. The molecule has 86 valence electrons. The van der Waals surface area contributed by atoms with Crippen LogP contribution in [0, 0.1) is 16.7 Å². The first-order valence-electron chi connectivity index (χ1n) is 5.43. The first-order valence-corrected chi connectivity index (χ1v) is 5.43. The van der Waals surface area contributed by atoms with Gasteiger partial charge in [0.05, 0.1) is 12.6 Å². The van der Waals surface area contributed by atoms with Gasteiger partial charge in [-0.05, 0) is 13.8 Å². The molecule has 0 amide bonds. The molecule has 0 rings (SSSR count). The molecule has 0 aliphatic heterocycles. The minimum atomic E-state index is -0.292. The summed E-state index contributed by atoms with van der Waals surface area (Å²) in [6.45, 7) is 11.0. The van der Waals surface area contributed by atoms with E-state index in [0.29, 0.717) is 25.6 Å². The van der Waals surface area contributed by atoms with Gasteiger partial charge < -0.3 is 0 Å². The van der Waals surface area contributed by atoms with E-state index in [-0.39, 0.29) is 11.2 Å². The Morgan fingerprint density at radius 2 is 1.93 bits per heavy atom. The molecule has 0 fully saturated rings. The topological polar surface area (TPSA) is 44.1 Å². The van der Waals surface area contributed by atoms with Crippen LogP contribution >= 0.6 is 0 Å². The van der Waals surface area contributed by atoms with Crippen molar-refractivity contribution in [2.24, 2.45) is 5.41 Å². The average Bonchev–Trinajstić information content (AvgIpc) is 2.09. The van der Waals surface area contributed by atoms with Crippen LogP contribution in [0.25, 0.3) is 0 Å². The molecule has 0 bridgehead atoms. The molecule has 0 atom stereocenters. The highest BCUT2D eigenvalue weighted by Gasteiger charge is 2.24. The SMILES string of the molecule is CC(C)N(CCC#N)CC(=O)C(C)(C)C. The highest BCUT2D eigenvalue weighted by molar-refractivity contribution is 5.85. The van der Waals surface area contributed by atoms with E-state index in [1.165, 1.54) is 0 Å². The first-order chi connectivity index (χ1) is 6.79. The van der Waals surface area contributed by atoms with Crippen molar-refractivity contribution in [3.63, 3.8) is 0 Å². The third-order valence-electron chi connectivity index (χ3n) is 2.42. The van der Waals surface area contributed by atoms with E-state index in [4.69, 9.17) is 5.26 Å². The fourth-order valence-electron chi connectivity index (χ4n) is 1.14. The fourth-order valence-corrected chi connectivity index (χ4v) is 1.14. The Bertz CT molecular complexity index is 245. The Labute approximate surface area is 93.1 Å². The lowest BCUT2D eigenvalue weighted by Crippen LogP contribution is -2.40. The van der Waals surface area contributed by atoms with Crippen LogP contribution < -0.4 is 0 Å². The maximum Gasteiger partial charge on any atom is 0.152 e. The van der Waals surface area contributed by atoms with Crippen LogP contribution in [0.15, 0.2) is 0 Å². The maximum atomic E-state index is 11.8. The van der Waals surface area contributed by atoms with Crippen molar-refractivity contribution < 1.29 is 4.79 Å². The molecule has 0 heterocycles. The van der Waals surface area contributed by atoms with E-state index in [0.717, 1.165) is 0 Å². The zero-order valence-corrected chi connectivity index (χ0v) is 10.5. The van der Waals surface area contributed by atoms with E-state index in [1.807, 2.05) is 34.6 Å². The maximum absolute atomic E-state index is 11.8. The minimum absolute atomic E-state index is 0.231. The molecule has 0 N–H and O–H groups in total. The van der Waals surface area contributed by atoms with Crippen molar-refractivity contribution in [1.82, 2.24) is 4.90 Å². The zero-order chi connectivity index (χ0) is 12.1. The van der Waals surface area contributed by atoms with Gasteiger partial charge in [0.15, 0.2) is 5.78 Å². The Balaban J connectivity index is 4.30. The number of nitrogens with zero attached hydrogens (tertiary/aromatic N) is 2. The number of hydrogen-bond donors (Lipinski definition) is 0. The van der Waals surface area contributed by atoms with Gasteiger partial charge in [-0.3, -0.25) is 9.69 Å². The molecule has 0 aromatic carbocycles. The molecule has 0 saturated heterocycles. The molecular formula is C12H22N2O. The molecule has 0 spiro atoms. The monoisotopic (exact) mass is 210 g/mol. The lowest BCUT2D eigenvalue weighted by molar-refractivity contribution is -0.127. The average molecular weight is 210 g/mol. The standard InChI is InChI=1S/C12H22N2O/c1-10(2)14(8-6-7-13)9-11(15)12(3,4)5/h10H,6,8-9H2,1-5H3. The number of carbonyl (C=O) groups is 1. The van der Waals surface area contributed by atoms with E-state index < -0.39 is 0 Å². The van der Waals surface area contributed by atoms with Gasteiger partial charge >= 0.3 is 0 Å². The van der Waals surface area contributed by atoms with Gasteiger partial charge in [0, 0.05) is 24.4 Å². The summed E-state index contributed by atoms with van der Waals surface area (Å²) in [5.41, 5.74) is -0.292. The first kappa shape index (κ1) is 14.1. The molecule has 0 aromatic heterocycles. The molecule has 0 aliphatic carbocycles. The summed E-state index contributed by atoms with van der Waals surface area (Å²) in [5.74, 6) is 0.231. The molecule has 0 aromatic rings. The van der Waals surface area contributed by atoms with Crippen LogP contribution in [0.4, 0.5) is 0 Å². The third-order valence-corrected chi connectivity index (χ3v) is 2.42. The molecule has 15 heavy (non-hydrogen) atoms. The second-order valence-electron chi connectivity index (χ2n) is 5.15. The summed E-state index contributed by atoms with van der Waals surface area (Å²) in [4.78, 5) is 13.9. The van der Waals surface area contributed by atoms with Crippen LogP contribution in [-0.4, -0.2) is 29.8 Å². The van der Waals surface area contributed by atoms with Crippen molar-refractivity contribution in [3.05, 3.63) is 0 Å². The van der Waals surface area contributed by atoms with Crippen LogP contribution in [-0.2, 0) is 4.79 Å². The van der Waals surface area contributed by atoms with Crippen molar-refractivity contribution in [2.75, 3.05) is 13.1 Å². The number of ketones is 1. The van der Waals surface area contributed by atoms with Crippen LogP contribution in [0.1, 0.15) is 41.0 Å². The smallest absolute Gasteiger partial charge is 0.152 e. The second kappa shape index (κ2) is 5.87. The molecule has 0 radical (unpaired) electrons. The Kier molecular flexibility index (Phi) is 5.53. The summed E-state index contributed by atoms with van der Waals surface area (Å²) < 4.78 is 0. The summed E-state index contributed by atoms with van der Waals surface area (Å²) in [6, 6.07) is 2.42. The normalized spacial score (nSPS) is 11.9. The molecule has 3 heteroatoms. The van der Waals surface area contributed by atoms with Gasteiger partial charge in [-0.25, -0.2) is 0 Å². The van der Waals surface area contributed by atoms with Gasteiger partial charge in [0.25, 0.3) is 0 Å². The van der Waals surface area contributed by atoms with Gasteiger partial charge in [0.1, 0.15) is 0 Å². The van der Waals surface area contributed by atoms with Crippen LogP contribution in [0.5, 0.6) is 0 Å². The van der Waals surface area contributed by atoms with E-state index in [2.05, 4.69) is 11.0 Å². The minimum Gasteiger partial charge on any atom is -0.298 e. The second-order valence-corrected chi connectivity index (χ2v) is 5.15. The van der Waals surface area contributed by atoms with Gasteiger partial charge in [-0.2, -0.15) is 5.26 Å². The summed E-state index contributed by atoms with van der Waals surface area (Å²) in [5, 5.41) is 8.53. The molecular weight excluding hydrogens is 188 g/mol. The highest BCUT2D eigenvalue weighted by atomic mass is 16.1. The zero-order valence-electron chi connectivity index (χ0n) is 10.5. The Morgan fingerprint density at radius 3 is 2.27 bits per heavy atom.